The highest BCUT2D eigenvalue weighted by Crippen LogP contribution is 2.08. The smallest absolute Gasteiger partial charge is 0.181 e. The van der Waals surface area contributed by atoms with Crippen LogP contribution >= 0.6 is 0 Å². The summed E-state index contributed by atoms with van der Waals surface area (Å²) < 4.78 is 11.1. The van der Waals surface area contributed by atoms with Crippen LogP contribution in [0, 0.1) is 0 Å². The van der Waals surface area contributed by atoms with Crippen LogP contribution in [-0.4, -0.2) is 29.4 Å². The molecule has 0 spiro atoms. The molecule has 1 rings (SSSR count). The summed E-state index contributed by atoms with van der Waals surface area (Å²) in [4.78, 5) is 0. The van der Waals surface area contributed by atoms with Gasteiger partial charge in [-0.15, -0.1) is 0 Å². The molecular weight excluding hydrogens is 228 g/mol. The van der Waals surface area contributed by atoms with Crippen molar-refractivity contribution in [2.24, 2.45) is 0 Å². The second kappa shape index (κ2) is 9.39. The molecule has 0 aliphatic rings. The van der Waals surface area contributed by atoms with Gasteiger partial charge in [-0.3, -0.25) is 0 Å². The predicted octanol–water partition coefficient (Wildman–Crippen LogP) is 2.96. The summed E-state index contributed by atoms with van der Waals surface area (Å²) in [6.45, 7) is 3.90. The van der Waals surface area contributed by atoms with Crippen molar-refractivity contribution in [2.75, 3.05) is 20.3 Å². The Labute approximate surface area is 107 Å². The van der Waals surface area contributed by atoms with E-state index in [1.807, 2.05) is 0 Å². The van der Waals surface area contributed by atoms with Gasteiger partial charge in [0.1, 0.15) is 0 Å². The molecule has 1 atom stereocenters. The van der Waals surface area contributed by atoms with E-state index in [1.54, 1.807) is 7.11 Å². The van der Waals surface area contributed by atoms with Gasteiger partial charge in [0, 0.05) is 20.3 Å². The molecule has 0 N–H and O–H groups in total. The molecule has 0 aliphatic heterocycles. The van der Waals surface area contributed by atoms with Crippen LogP contribution in [0.4, 0.5) is 0 Å². The number of benzene rings is 1. The number of rotatable bonds is 9. The fourth-order valence-corrected chi connectivity index (χ4v) is 4.33. The fraction of sp³-hybridized carbons (Fsp3) is 0.571. The summed E-state index contributed by atoms with van der Waals surface area (Å²) in [5.74, 6) is 0. The zero-order chi connectivity index (χ0) is 12.3. The molecular formula is C14H24O2Si. The fourth-order valence-electron chi connectivity index (χ4n) is 1.90. The van der Waals surface area contributed by atoms with Crippen LogP contribution in [0.25, 0.3) is 0 Å². The molecule has 2 nitrogen and oxygen atoms in total. The van der Waals surface area contributed by atoms with Crippen molar-refractivity contribution in [2.45, 2.75) is 31.9 Å². The van der Waals surface area contributed by atoms with Crippen molar-refractivity contribution in [3.8, 4) is 0 Å². The van der Waals surface area contributed by atoms with Gasteiger partial charge in [0.25, 0.3) is 0 Å². The Morgan fingerprint density at radius 1 is 1.12 bits per heavy atom. The SMILES string of the molecule is CCC[SiH](Cc1ccccc1)OCCCOC. The lowest BCUT2D eigenvalue weighted by molar-refractivity contribution is 0.171. The van der Waals surface area contributed by atoms with Crippen LogP contribution < -0.4 is 0 Å². The quantitative estimate of drug-likeness (QED) is 0.497. The summed E-state index contributed by atoms with van der Waals surface area (Å²) >= 11 is 0. The maximum Gasteiger partial charge on any atom is 0.181 e. The first-order valence-corrected chi connectivity index (χ1v) is 8.61. The molecule has 0 amide bonds. The van der Waals surface area contributed by atoms with Gasteiger partial charge in [-0.1, -0.05) is 43.7 Å². The Morgan fingerprint density at radius 2 is 1.88 bits per heavy atom. The second-order valence-corrected chi connectivity index (χ2v) is 6.88. The van der Waals surface area contributed by atoms with E-state index in [9.17, 15) is 0 Å². The summed E-state index contributed by atoms with van der Waals surface area (Å²) in [5, 5.41) is 0. The summed E-state index contributed by atoms with van der Waals surface area (Å²) in [6.07, 6.45) is 2.24. The van der Waals surface area contributed by atoms with Gasteiger partial charge in [-0.2, -0.15) is 0 Å². The van der Waals surface area contributed by atoms with Crippen LogP contribution in [0.3, 0.4) is 0 Å². The van der Waals surface area contributed by atoms with Crippen LogP contribution in [0.2, 0.25) is 6.04 Å². The van der Waals surface area contributed by atoms with Crippen LogP contribution in [0.5, 0.6) is 0 Å². The highest BCUT2D eigenvalue weighted by atomic mass is 28.3. The van der Waals surface area contributed by atoms with Gasteiger partial charge >= 0.3 is 0 Å². The lowest BCUT2D eigenvalue weighted by atomic mass is 10.2. The molecule has 0 aliphatic carbocycles. The van der Waals surface area contributed by atoms with E-state index in [0.717, 1.165) is 25.7 Å². The minimum absolute atomic E-state index is 0.804. The molecule has 96 valence electrons. The molecule has 1 aromatic carbocycles. The Hall–Kier alpha value is -0.643. The average Bonchev–Trinajstić information content (AvgIpc) is 2.36. The Balaban J connectivity index is 2.32. The Bertz CT molecular complexity index is 277. The second-order valence-electron chi connectivity index (χ2n) is 4.32. The lowest BCUT2D eigenvalue weighted by Crippen LogP contribution is -2.22. The number of hydrogen-bond acceptors (Lipinski definition) is 2. The molecule has 0 fully saturated rings. The molecule has 0 heterocycles. The molecule has 1 unspecified atom stereocenters. The third-order valence-electron chi connectivity index (χ3n) is 2.76. The number of ether oxygens (including phenoxy) is 1. The Morgan fingerprint density at radius 3 is 2.53 bits per heavy atom. The summed E-state index contributed by atoms with van der Waals surface area (Å²) in [6, 6.07) is 13.1. The molecule has 0 bridgehead atoms. The molecule has 0 aromatic heterocycles. The zero-order valence-corrected chi connectivity index (χ0v) is 12.2. The van der Waals surface area contributed by atoms with E-state index in [2.05, 4.69) is 37.3 Å². The van der Waals surface area contributed by atoms with E-state index in [0.29, 0.717) is 0 Å². The number of hydrogen-bond donors (Lipinski definition) is 0. The summed E-state index contributed by atoms with van der Waals surface area (Å²) in [5.41, 5.74) is 1.42. The highest BCUT2D eigenvalue weighted by molar-refractivity contribution is 6.51. The topological polar surface area (TPSA) is 18.5 Å². The highest BCUT2D eigenvalue weighted by Gasteiger charge is 2.11. The van der Waals surface area contributed by atoms with E-state index >= 15 is 0 Å². The predicted molar refractivity (Wildman–Crippen MR) is 74.8 cm³/mol. The van der Waals surface area contributed by atoms with E-state index < -0.39 is 9.04 Å². The average molecular weight is 252 g/mol. The zero-order valence-electron chi connectivity index (χ0n) is 11.0. The third-order valence-corrected chi connectivity index (χ3v) is 5.62. The van der Waals surface area contributed by atoms with Gasteiger partial charge in [-0.25, -0.2) is 0 Å². The van der Waals surface area contributed by atoms with Crippen LogP contribution in [0.1, 0.15) is 25.3 Å². The largest absolute Gasteiger partial charge is 0.420 e. The molecule has 0 radical (unpaired) electrons. The standard InChI is InChI=1S/C14H24O2Si/c1-3-12-17(16-11-7-10-15-2)13-14-8-5-4-6-9-14/h4-6,8-9,17H,3,7,10-13H2,1-2H3. The van der Waals surface area contributed by atoms with Crippen molar-refractivity contribution in [1.82, 2.24) is 0 Å². The van der Waals surface area contributed by atoms with E-state index in [-0.39, 0.29) is 0 Å². The van der Waals surface area contributed by atoms with Gasteiger partial charge in [0.15, 0.2) is 9.04 Å². The van der Waals surface area contributed by atoms with Crippen LogP contribution in [-0.2, 0) is 15.2 Å². The van der Waals surface area contributed by atoms with Crippen molar-refractivity contribution in [3.05, 3.63) is 35.9 Å². The monoisotopic (exact) mass is 252 g/mol. The first-order valence-electron chi connectivity index (χ1n) is 6.51. The van der Waals surface area contributed by atoms with Gasteiger partial charge < -0.3 is 9.16 Å². The van der Waals surface area contributed by atoms with Gasteiger partial charge in [0.2, 0.25) is 0 Å². The molecule has 0 saturated heterocycles. The minimum Gasteiger partial charge on any atom is -0.420 e. The van der Waals surface area contributed by atoms with Crippen molar-refractivity contribution < 1.29 is 9.16 Å². The normalized spacial score (nSPS) is 12.6. The van der Waals surface area contributed by atoms with Crippen molar-refractivity contribution in [1.29, 1.82) is 0 Å². The van der Waals surface area contributed by atoms with Crippen LogP contribution in [0.15, 0.2) is 30.3 Å². The molecule has 17 heavy (non-hydrogen) atoms. The van der Waals surface area contributed by atoms with Gasteiger partial charge in [0.05, 0.1) is 0 Å². The van der Waals surface area contributed by atoms with Crippen molar-refractivity contribution >= 4 is 9.04 Å². The third kappa shape index (κ3) is 6.61. The summed E-state index contributed by atoms with van der Waals surface area (Å²) in [7, 11) is 0.682. The van der Waals surface area contributed by atoms with E-state index in [4.69, 9.17) is 9.16 Å². The molecule has 3 heteroatoms. The molecule has 0 saturated carbocycles. The minimum atomic E-state index is -1.06. The number of methoxy groups -OCH3 is 1. The molecule has 1 aromatic rings. The lowest BCUT2D eigenvalue weighted by Gasteiger charge is -2.15. The van der Waals surface area contributed by atoms with E-state index in [1.165, 1.54) is 18.0 Å². The first-order chi connectivity index (χ1) is 8.36. The van der Waals surface area contributed by atoms with Gasteiger partial charge in [-0.05, 0) is 24.1 Å². The first kappa shape index (κ1) is 14.4. The maximum atomic E-state index is 6.05. The van der Waals surface area contributed by atoms with Crippen molar-refractivity contribution in [3.63, 3.8) is 0 Å². The Kier molecular flexibility index (Phi) is 7.97. The maximum absolute atomic E-state index is 6.05.